The molecule has 1 aromatic carbocycles. The predicted molar refractivity (Wildman–Crippen MR) is 112 cm³/mol. The van der Waals surface area contributed by atoms with Crippen molar-refractivity contribution in [1.29, 1.82) is 0 Å². The Kier molecular flexibility index (Phi) is 4.44. The van der Waals surface area contributed by atoms with Crippen LogP contribution in [0.15, 0.2) is 46.0 Å². The fourth-order valence-corrected chi connectivity index (χ4v) is 5.47. The van der Waals surface area contributed by atoms with E-state index in [1.54, 1.807) is 22.8 Å². The molecule has 1 N–H and O–H groups in total. The molecule has 4 aromatic rings. The van der Waals surface area contributed by atoms with Gasteiger partial charge in [-0.2, -0.15) is 4.31 Å². The van der Waals surface area contributed by atoms with Crippen molar-refractivity contribution in [2.75, 3.05) is 13.1 Å². The summed E-state index contributed by atoms with van der Waals surface area (Å²) in [6.45, 7) is 4.86. The number of nitrogens with one attached hydrogen (secondary N) is 1. The number of H-pyrrole nitrogens is 1. The molecule has 0 atom stereocenters. The van der Waals surface area contributed by atoms with Gasteiger partial charge in [0.15, 0.2) is 17.2 Å². The van der Waals surface area contributed by atoms with E-state index in [-0.39, 0.29) is 4.90 Å². The molecule has 8 nitrogen and oxygen atoms in total. The Labute approximate surface area is 174 Å². The zero-order valence-corrected chi connectivity index (χ0v) is 17.5. The van der Waals surface area contributed by atoms with Crippen LogP contribution in [0, 0.1) is 13.8 Å². The molecular weight excluding hydrogens is 402 g/mol. The van der Waals surface area contributed by atoms with Crippen LogP contribution in [0.5, 0.6) is 0 Å². The summed E-state index contributed by atoms with van der Waals surface area (Å²) >= 11 is 0. The van der Waals surface area contributed by atoms with Gasteiger partial charge in [0, 0.05) is 18.7 Å². The molecular formula is C21H21N5O3S. The monoisotopic (exact) mass is 423 g/mol. The summed E-state index contributed by atoms with van der Waals surface area (Å²) < 4.78 is 33.5. The van der Waals surface area contributed by atoms with Crippen molar-refractivity contribution < 1.29 is 12.8 Å². The molecule has 0 unspecified atom stereocenters. The lowest BCUT2D eigenvalue weighted by molar-refractivity contribution is 0.477. The van der Waals surface area contributed by atoms with Crippen LogP contribution in [0.3, 0.4) is 0 Å². The van der Waals surface area contributed by atoms with Gasteiger partial charge >= 0.3 is 0 Å². The Balaban J connectivity index is 1.69. The Morgan fingerprint density at radius 3 is 2.60 bits per heavy atom. The highest BCUT2D eigenvalue weighted by Gasteiger charge is 2.28. The van der Waals surface area contributed by atoms with E-state index in [1.807, 2.05) is 32.0 Å². The average molecular weight is 423 g/mol. The summed E-state index contributed by atoms with van der Waals surface area (Å²) in [4.78, 5) is 16.8. The minimum atomic E-state index is -3.54. The molecule has 0 spiro atoms. The minimum Gasteiger partial charge on any atom is -0.458 e. The van der Waals surface area contributed by atoms with Gasteiger partial charge in [0.2, 0.25) is 10.0 Å². The van der Waals surface area contributed by atoms with Gasteiger partial charge in [-0.05, 0) is 62.6 Å². The van der Waals surface area contributed by atoms with Gasteiger partial charge in [0.25, 0.3) is 0 Å². The van der Waals surface area contributed by atoms with Crippen molar-refractivity contribution in [2.45, 2.75) is 31.6 Å². The van der Waals surface area contributed by atoms with Crippen molar-refractivity contribution in [2.24, 2.45) is 0 Å². The second-order valence-electron chi connectivity index (χ2n) is 7.55. The van der Waals surface area contributed by atoms with Crippen molar-refractivity contribution in [1.82, 2.24) is 24.2 Å². The maximum Gasteiger partial charge on any atom is 0.243 e. The average Bonchev–Trinajstić information content (AvgIpc) is 3.47. The van der Waals surface area contributed by atoms with Crippen molar-refractivity contribution >= 4 is 21.2 Å². The number of fused-ring (bicyclic) bond motifs is 1. The molecule has 4 heterocycles. The maximum atomic E-state index is 13.1. The molecule has 1 saturated heterocycles. The number of sulfonamides is 1. The Morgan fingerprint density at radius 2 is 1.87 bits per heavy atom. The number of aromatic amines is 1. The van der Waals surface area contributed by atoms with E-state index >= 15 is 0 Å². The summed E-state index contributed by atoms with van der Waals surface area (Å²) in [5.41, 5.74) is 3.26. The lowest BCUT2D eigenvalue weighted by Gasteiger charge is -2.17. The van der Waals surface area contributed by atoms with Gasteiger partial charge < -0.3 is 9.40 Å². The number of benzene rings is 1. The number of rotatable bonds is 4. The summed E-state index contributed by atoms with van der Waals surface area (Å²) in [6, 6.07) is 8.97. The second-order valence-corrected chi connectivity index (χ2v) is 9.49. The molecule has 0 amide bonds. The number of aromatic nitrogens is 4. The predicted octanol–water partition coefficient (Wildman–Crippen LogP) is 3.68. The van der Waals surface area contributed by atoms with Gasteiger partial charge in [0.1, 0.15) is 17.0 Å². The molecule has 3 aromatic heterocycles. The van der Waals surface area contributed by atoms with E-state index in [4.69, 9.17) is 9.40 Å². The standard InChI is InChI=1S/C21H21N5O3S/c1-13-9-15(11-16(10-13)30(27,28)26-7-3-4-8-26)18-19-21(23-12-22-19)25-20(24-18)17-6-5-14(2)29-17/h5-6,9-12H,3-4,7-8H2,1-2H3,(H,22,23,24,25). The van der Waals surface area contributed by atoms with Crippen molar-refractivity contribution in [3.05, 3.63) is 48.0 Å². The third kappa shape index (κ3) is 3.20. The van der Waals surface area contributed by atoms with Crippen LogP contribution in [-0.4, -0.2) is 45.7 Å². The third-order valence-electron chi connectivity index (χ3n) is 5.27. The van der Waals surface area contributed by atoms with Crippen LogP contribution in [0.4, 0.5) is 0 Å². The SMILES string of the molecule is Cc1cc(-c2nc(-c3ccc(C)o3)nc3nc[nH]c23)cc(S(=O)(=O)N2CCCC2)c1. The zero-order valence-electron chi connectivity index (χ0n) is 16.7. The first-order valence-electron chi connectivity index (χ1n) is 9.82. The fraction of sp³-hybridized carbons (Fsp3) is 0.286. The number of furan rings is 1. The molecule has 1 fully saturated rings. The minimum absolute atomic E-state index is 0.279. The van der Waals surface area contributed by atoms with Gasteiger partial charge in [-0.25, -0.2) is 23.4 Å². The van der Waals surface area contributed by atoms with Crippen LogP contribution in [0.1, 0.15) is 24.2 Å². The number of imidazole rings is 1. The summed E-state index contributed by atoms with van der Waals surface area (Å²) in [5, 5.41) is 0. The summed E-state index contributed by atoms with van der Waals surface area (Å²) in [5.74, 6) is 1.70. The van der Waals surface area contributed by atoms with E-state index in [0.29, 0.717) is 47.1 Å². The lowest BCUT2D eigenvalue weighted by Crippen LogP contribution is -2.27. The van der Waals surface area contributed by atoms with E-state index in [1.165, 1.54) is 0 Å². The lowest BCUT2D eigenvalue weighted by atomic mass is 10.1. The molecule has 30 heavy (non-hydrogen) atoms. The van der Waals surface area contributed by atoms with Crippen LogP contribution in [0.25, 0.3) is 34.0 Å². The molecule has 0 aliphatic carbocycles. The van der Waals surface area contributed by atoms with Crippen LogP contribution >= 0.6 is 0 Å². The molecule has 1 aliphatic heterocycles. The topological polar surface area (TPSA) is 105 Å². The third-order valence-corrected chi connectivity index (χ3v) is 7.15. The number of hydrogen-bond acceptors (Lipinski definition) is 6. The molecule has 5 rings (SSSR count). The summed E-state index contributed by atoms with van der Waals surface area (Å²) in [7, 11) is -3.54. The highest BCUT2D eigenvalue weighted by atomic mass is 32.2. The van der Waals surface area contributed by atoms with E-state index in [0.717, 1.165) is 24.2 Å². The van der Waals surface area contributed by atoms with Gasteiger partial charge in [0.05, 0.1) is 11.2 Å². The Morgan fingerprint density at radius 1 is 1.07 bits per heavy atom. The van der Waals surface area contributed by atoms with E-state index in [9.17, 15) is 8.42 Å². The normalized spacial score (nSPS) is 15.3. The first kappa shape index (κ1) is 19.0. The fourth-order valence-electron chi connectivity index (χ4n) is 3.82. The van der Waals surface area contributed by atoms with Gasteiger partial charge in [-0.3, -0.25) is 0 Å². The second kappa shape index (κ2) is 7.03. The quantitative estimate of drug-likeness (QED) is 0.537. The first-order valence-corrected chi connectivity index (χ1v) is 11.3. The largest absolute Gasteiger partial charge is 0.458 e. The molecule has 1 aliphatic rings. The highest BCUT2D eigenvalue weighted by Crippen LogP contribution is 2.31. The van der Waals surface area contributed by atoms with Crippen LogP contribution in [-0.2, 0) is 10.0 Å². The van der Waals surface area contributed by atoms with E-state index < -0.39 is 10.0 Å². The van der Waals surface area contributed by atoms with Crippen LogP contribution < -0.4 is 0 Å². The van der Waals surface area contributed by atoms with Gasteiger partial charge in [-0.1, -0.05) is 0 Å². The van der Waals surface area contributed by atoms with Crippen molar-refractivity contribution in [3.63, 3.8) is 0 Å². The number of hydrogen-bond donors (Lipinski definition) is 1. The highest BCUT2D eigenvalue weighted by molar-refractivity contribution is 7.89. The molecule has 0 saturated carbocycles. The number of aryl methyl sites for hydroxylation is 2. The molecule has 9 heteroatoms. The Hall–Kier alpha value is -3.04. The van der Waals surface area contributed by atoms with Gasteiger partial charge in [-0.15, -0.1) is 0 Å². The molecule has 0 radical (unpaired) electrons. The van der Waals surface area contributed by atoms with Crippen LogP contribution in [0.2, 0.25) is 0 Å². The number of nitrogens with zero attached hydrogens (tertiary/aromatic N) is 4. The first-order chi connectivity index (χ1) is 14.4. The van der Waals surface area contributed by atoms with E-state index in [2.05, 4.69) is 15.0 Å². The zero-order chi connectivity index (χ0) is 20.9. The molecule has 0 bridgehead atoms. The molecule has 154 valence electrons. The van der Waals surface area contributed by atoms with Crippen molar-refractivity contribution in [3.8, 4) is 22.8 Å². The maximum absolute atomic E-state index is 13.1. The Bertz CT molecular complexity index is 1350. The smallest absolute Gasteiger partial charge is 0.243 e. The summed E-state index contributed by atoms with van der Waals surface area (Å²) in [6.07, 6.45) is 3.34.